The second-order valence-electron chi connectivity index (χ2n) is 8.93. The van der Waals surface area contributed by atoms with E-state index in [2.05, 4.69) is 25.4 Å². The number of nitrogens with zero attached hydrogens (tertiary/aromatic N) is 6. The van der Waals surface area contributed by atoms with E-state index in [1.54, 1.807) is 15.3 Å². The van der Waals surface area contributed by atoms with Crippen LogP contribution in [0.3, 0.4) is 0 Å². The zero-order valence-corrected chi connectivity index (χ0v) is 20.0. The highest BCUT2D eigenvalue weighted by molar-refractivity contribution is 5.94. The number of imidazole rings is 1. The number of hydrogen-bond acceptors (Lipinski definition) is 5. The molecule has 0 spiro atoms. The summed E-state index contributed by atoms with van der Waals surface area (Å²) in [4.78, 5) is 26.3. The average Bonchev–Trinajstić information content (AvgIpc) is 3.47. The fraction of sp³-hybridized carbons (Fsp3) is 0.400. The number of rotatable bonds is 6. The Morgan fingerprint density at radius 3 is 2.58 bits per heavy atom. The van der Waals surface area contributed by atoms with E-state index < -0.39 is 12.1 Å². The first-order chi connectivity index (χ1) is 17.3. The molecule has 188 valence electrons. The van der Waals surface area contributed by atoms with E-state index in [4.69, 9.17) is 0 Å². The van der Waals surface area contributed by atoms with Gasteiger partial charge in [-0.1, -0.05) is 38.1 Å². The van der Waals surface area contributed by atoms with Crippen LogP contribution < -0.4 is 5.32 Å². The Balaban J connectivity index is 1.28. The van der Waals surface area contributed by atoms with Gasteiger partial charge in [0, 0.05) is 37.5 Å². The number of carbonyl (C=O) groups is 1. The van der Waals surface area contributed by atoms with Gasteiger partial charge in [-0.2, -0.15) is 18.3 Å². The summed E-state index contributed by atoms with van der Waals surface area (Å²) in [5, 5.41) is 7.34. The average molecular weight is 498 g/mol. The number of amides is 1. The van der Waals surface area contributed by atoms with Crippen LogP contribution in [0.1, 0.15) is 53.4 Å². The number of hydrogen-bond donors (Lipinski definition) is 1. The third kappa shape index (κ3) is 4.57. The number of carbonyl (C=O) groups excluding carboxylic acids is 1. The number of nitrogens with one attached hydrogen (secondary N) is 1. The Labute approximate surface area is 205 Å². The molecule has 1 N–H and O–H groups in total. The van der Waals surface area contributed by atoms with E-state index in [-0.39, 0.29) is 25.3 Å². The molecular weight excluding hydrogens is 471 g/mol. The van der Waals surface area contributed by atoms with Crippen molar-refractivity contribution in [3.63, 3.8) is 0 Å². The lowest BCUT2D eigenvalue weighted by molar-refractivity contribution is -0.179. The van der Waals surface area contributed by atoms with E-state index >= 15 is 0 Å². The highest BCUT2D eigenvalue weighted by Gasteiger charge is 2.42. The molecule has 0 saturated carbocycles. The van der Waals surface area contributed by atoms with Gasteiger partial charge in [-0.3, -0.25) is 9.20 Å². The second kappa shape index (κ2) is 9.36. The maximum absolute atomic E-state index is 13.1. The molecule has 11 heteroatoms. The van der Waals surface area contributed by atoms with E-state index in [1.165, 1.54) is 0 Å². The number of halogens is 3. The minimum atomic E-state index is -4.22. The predicted octanol–water partition coefficient (Wildman–Crippen LogP) is 4.17. The first kappa shape index (κ1) is 24.0. The van der Waals surface area contributed by atoms with Gasteiger partial charge in [0.15, 0.2) is 5.82 Å². The standard InChI is InChI=1S/C25H26F3N7O/c1-3-15-12-30-24-31-19(4-2)21(34(24)14-15)23(36)29-13-16-5-7-17(8-6-16)22-32-20-11-18(25(26,27)28)9-10-35(20)33-22/h5-8,12,14,18H,3-4,9-11,13H2,1-2H3,(H,29,36)/t18-/m1/s1. The number of fused-ring (bicyclic) bond motifs is 2. The van der Waals surface area contributed by atoms with E-state index in [0.717, 1.165) is 17.5 Å². The van der Waals surface area contributed by atoms with Crippen molar-refractivity contribution in [3.8, 4) is 11.4 Å². The molecule has 1 aliphatic heterocycles. The molecule has 5 rings (SSSR count). The van der Waals surface area contributed by atoms with Crippen molar-refractivity contribution >= 4 is 11.7 Å². The van der Waals surface area contributed by atoms with Gasteiger partial charge in [0.25, 0.3) is 5.91 Å². The molecule has 1 aliphatic rings. The summed E-state index contributed by atoms with van der Waals surface area (Å²) in [7, 11) is 0. The zero-order chi connectivity index (χ0) is 25.4. The van der Waals surface area contributed by atoms with E-state index in [1.807, 2.05) is 44.3 Å². The van der Waals surface area contributed by atoms with E-state index in [9.17, 15) is 18.0 Å². The fourth-order valence-electron chi connectivity index (χ4n) is 4.43. The molecule has 3 aromatic heterocycles. The topological polar surface area (TPSA) is 90.0 Å². The first-order valence-electron chi connectivity index (χ1n) is 12.0. The minimum Gasteiger partial charge on any atom is -0.347 e. The number of benzene rings is 1. The third-order valence-corrected chi connectivity index (χ3v) is 6.56. The molecule has 4 heterocycles. The Kier molecular flexibility index (Phi) is 6.23. The Hall–Kier alpha value is -3.76. The lowest BCUT2D eigenvalue weighted by Gasteiger charge is -2.24. The molecule has 0 aliphatic carbocycles. The summed E-state index contributed by atoms with van der Waals surface area (Å²) in [6, 6.07) is 7.32. The predicted molar refractivity (Wildman–Crippen MR) is 126 cm³/mol. The van der Waals surface area contributed by atoms with Gasteiger partial charge >= 0.3 is 6.18 Å². The molecule has 8 nitrogen and oxygen atoms in total. The summed E-state index contributed by atoms with van der Waals surface area (Å²) in [5.41, 5.74) is 3.76. The molecule has 36 heavy (non-hydrogen) atoms. The van der Waals surface area contributed by atoms with Crippen LogP contribution in [0.5, 0.6) is 0 Å². The van der Waals surface area contributed by atoms with Gasteiger partial charge in [-0.05, 0) is 30.4 Å². The molecule has 4 aromatic rings. The Morgan fingerprint density at radius 1 is 1.11 bits per heavy atom. The molecule has 0 unspecified atom stereocenters. The van der Waals surface area contributed by atoms with Crippen molar-refractivity contribution < 1.29 is 18.0 Å². The SMILES string of the molecule is CCc1cnc2nc(CC)c(C(=O)NCc3ccc(-c4nc5n(n4)CC[C@@H](C(F)(F)F)C5)cc3)n2c1. The Morgan fingerprint density at radius 2 is 1.89 bits per heavy atom. The molecule has 1 atom stereocenters. The summed E-state index contributed by atoms with van der Waals surface area (Å²) in [5.74, 6) is -0.355. The third-order valence-electron chi connectivity index (χ3n) is 6.56. The van der Waals surface area contributed by atoms with Crippen LogP contribution in [-0.2, 0) is 32.4 Å². The Bertz CT molecular complexity index is 1410. The summed E-state index contributed by atoms with van der Waals surface area (Å²) in [6.45, 7) is 4.48. The van der Waals surface area contributed by atoms with Crippen molar-refractivity contribution in [2.24, 2.45) is 5.92 Å². The maximum atomic E-state index is 13.1. The van der Waals surface area contributed by atoms with Crippen LogP contribution >= 0.6 is 0 Å². The largest absolute Gasteiger partial charge is 0.392 e. The number of aromatic nitrogens is 6. The number of alkyl halides is 3. The van der Waals surface area contributed by atoms with E-state index in [0.29, 0.717) is 47.3 Å². The van der Waals surface area contributed by atoms with Crippen LogP contribution in [0.15, 0.2) is 36.7 Å². The van der Waals surface area contributed by atoms with Gasteiger partial charge < -0.3 is 5.32 Å². The molecule has 0 radical (unpaired) electrons. The van der Waals surface area contributed by atoms with Crippen LogP contribution in [0.4, 0.5) is 13.2 Å². The van der Waals surface area contributed by atoms with Crippen molar-refractivity contribution in [2.75, 3.05) is 0 Å². The van der Waals surface area contributed by atoms with Gasteiger partial charge in [0.05, 0.1) is 11.6 Å². The molecule has 0 saturated heterocycles. The highest BCUT2D eigenvalue weighted by atomic mass is 19.4. The quantitative estimate of drug-likeness (QED) is 0.432. The number of aryl methyl sites for hydroxylation is 3. The molecule has 1 aromatic carbocycles. The van der Waals surface area contributed by atoms with Crippen molar-refractivity contribution in [1.82, 2.24) is 34.4 Å². The van der Waals surface area contributed by atoms with Gasteiger partial charge in [0.2, 0.25) is 5.78 Å². The van der Waals surface area contributed by atoms with Gasteiger partial charge in [-0.25, -0.2) is 19.6 Å². The first-order valence-corrected chi connectivity index (χ1v) is 12.0. The van der Waals surface area contributed by atoms with Crippen molar-refractivity contribution in [1.29, 1.82) is 0 Å². The molecular formula is C25H26F3N7O. The molecule has 1 amide bonds. The van der Waals surface area contributed by atoms with Crippen LogP contribution in [0.25, 0.3) is 17.2 Å². The lowest BCUT2D eigenvalue weighted by atomic mass is 9.98. The van der Waals surface area contributed by atoms with Gasteiger partial charge in [-0.15, -0.1) is 0 Å². The van der Waals surface area contributed by atoms with Crippen molar-refractivity contribution in [3.05, 3.63) is 65.0 Å². The lowest BCUT2D eigenvalue weighted by Crippen LogP contribution is -2.31. The fourth-order valence-corrected chi connectivity index (χ4v) is 4.43. The zero-order valence-electron chi connectivity index (χ0n) is 20.0. The van der Waals surface area contributed by atoms with Gasteiger partial charge in [0.1, 0.15) is 11.5 Å². The summed E-state index contributed by atoms with van der Waals surface area (Å²) >= 11 is 0. The minimum absolute atomic E-state index is 0.0139. The van der Waals surface area contributed by atoms with Crippen LogP contribution in [0.2, 0.25) is 0 Å². The highest BCUT2D eigenvalue weighted by Crippen LogP contribution is 2.34. The second-order valence-corrected chi connectivity index (χ2v) is 8.93. The van der Waals surface area contributed by atoms with Crippen LogP contribution in [-0.4, -0.2) is 41.2 Å². The monoisotopic (exact) mass is 497 g/mol. The molecule has 0 fully saturated rings. The molecule has 0 bridgehead atoms. The summed E-state index contributed by atoms with van der Waals surface area (Å²) < 4.78 is 42.6. The normalized spacial score (nSPS) is 15.8. The van der Waals surface area contributed by atoms with Crippen LogP contribution in [0, 0.1) is 5.92 Å². The summed E-state index contributed by atoms with van der Waals surface area (Å²) in [6.07, 6.45) is 0.705. The maximum Gasteiger partial charge on any atom is 0.392 e. The van der Waals surface area contributed by atoms with Crippen molar-refractivity contribution in [2.45, 2.75) is 58.8 Å². The smallest absolute Gasteiger partial charge is 0.347 e.